The van der Waals surface area contributed by atoms with Crippen LogP contribution in [0.15, 0.2) is 23.0 Å². The Hall–Kier alpha value is -1.62. The number of aromatic nitrogens is 1. The fourth-order valence-corrected chi connectivity index (χ4v) is 2.47. The molecule has 0 aliphatic carbocycles. The van der Waals surface area contributed by atoms with Crippen molar-refractivity contribution in [2.45, 2.75) is 38.3 Å². The summed E-state index contributed by atoms with van der Waals surface area (Å²) >= 11 is 0. The summed E-state index contributed by atoms with van der Waals surface area (Å²) in [4.78, 5) is 27.8. The zero-order valence-electron chi connectivity index (χ0n) is 10.4. The van der Waals surface area contributed by atoms with Gasteiger partial charge < -0.3 is 15.0 Å². The van der Waals surface area contributed by atoms with E-state index in [2.05, 4.69) is 4.98 Å². The first-order chi connectivity index (χ1) is 8.58. The quantitative estimate of drug-likeness (QED) is 0.831. The van der Waals surface area contributed by atoms with Crippen LogP contribution in [-0.2, 0) is 0 Å². The van der Waals surface area contributed by atoms with Crippen LogP contribution < -0.4 is 5.56 Å². The van der Waals surface area contributed by atoms with Crippen LogP contribution in [0.2, 0.25) is 0 Å². The SMILES string of the molecule is CC(O)CC1CCCN1C(=O)c1cccc(=O)[nH]1. The lowest BCUT2D eigenvalue weighted by molar-refractivity contribution is 0.0676. The van der Waals surface area contributed by atoms with Gasteiger partial charge in [0, 0.05) is 18.7 Å². The highest BCUT2D eigenvalue weighted by Crippen LogP contribution is 2.22. The fourth-order valence-electron chi connectivity index (χ4n) is 2.47. The van der Waals surface area contributed by atoms with Crippen LogP contribution in [0.5, 0.6) is 0 Å². The van der Waals surface area contributed by atoms with Crippen molar-refractivity contribution in [1.29, 1.82) is 0 Å². The van der Waals surface area contributed by atoms with E-state index in [9.17, 15) is 14.7 Å². The minimum absolute atomic E-state index is 0.0706. The number of rotatable bonds is 3. The van der Waals surface area contributed by atoms with Gasteiger partial charge in [-0.05, 0) is 32.3 Å². The van der Waals surface area contributed by atoms with Crippen molar-refractivity contribution in [3.63, 3.8) is 0 Å². The third-order valence-electron chi connectivity index (χ3n) is 3.25. The number of amides is 1. The summed E-state index contributed by atoms with van der Waals surface area (Å²) in [5.74, 6) is -0.157. The second-order valence-corrected chi connectivity index (χ2v) is 4.81. The van der Waals surface area contributed by atoms with E-state index in [1.165, 1.54) is 6.07 Å². The maximum absolute atomic E-state index is 12.3. The maximum atomic E-state index is 12.3. The summed E-state index contributed by atoms with van der Waals surface area (Å²) in [6, 6.07) is 4.64. The zero-order valence-corrected chi connectivity index (χ0v) is 10.4. The Labute approximate surface area is 105 Å². The molecule has 5 heteroatoms. The van der Waals surface area contributed by atoms with Gasteiger partial charge in [-0.1, -0.05) is 6.07 Å². The summed E-state index contributed by atoms with van der Waals surface area (Å²) in [5, 5.41) is 9.43. The Bertz CT molecular complexity index is 481. The van der Waals surface area contributed by atoms with Gasteiger partial charge in [0.2, 0.25) is 5.56 Å². The van der Waals surface area contributed by atoms with Gasteiger partial charge in [-0.25, -0.2) is 0 Å². The third-order valence-corrected chi connectivity index (χ3v) is 3.25. The lowest BCUT2D eigenvalue weighted by atomic mass is 10.1. The number of pyridine rings is 1. The molecule has 0 radical (unpaired) electrons. The van der Waals surface area contributed by atoms with Crippen molar-refractivity contribution in [1.82, 2.24) is 9.88 Å². The van der Waals surface area contributed by atoms with Crippen LogP contribution in [0.25, 0.3) is 0 Å². The van der Waals surface area contributed by atoms with Gasteiger partial charge in [-0.15, -0.1) is 0 Å². The molecule has 18 heavy (non-hydrogen) atoms. The Morgan fingerprint density at radius 1 is 1.61 bits per heavy atom. The van der Waals surface area contributed by atoms with Gasteiger partial charge in [0.05, 0.1) is 6.10 Å². The molecule has 2 heterocycles. The number of aliphatic hydroxyl groups is 1. The van der Waals surface area contributed by atoms with Gasteiger partial charge in [0.25, 0.3) is 5.91 Å². The summed E-state index contributed by atoms with van der Waals surface area (Å²) in [5.41, 5.74) is 0.0483. The summed E-state index contributed by atoms with van der Waals surface area (Å²) in [7, 11) is 0. The zero-order chi connectivity index (χ0) is 13.1. The number of hydrogen-bond acceptors (Lipinski definition) is 3. The number of hydrogen-bond donors (Lipinski definition) is 2. The van der Waals surface area contributed by atoms with E-state index in [-0.39, 0.29) is 17.5 Å². The molecule has 0 saturated carbocycles. The molecule has 1 saturated heterocycles. The van der Waals surface area contributed by atoms with E-state index in [1.807, 2.05) is 0 Å². The Kier molecular flexibility index (Phi) is 3.81. The Morgan fingerprint density at radius 3 is 3.06 bits per heavy atom. The average molecular weight is 250 g/mol. The first-order valence-corrected chi connectivity index (χ1v) is 6.26. The van der Waals surface area contributed by atoms with Crippen LogP contribution in [0, 0.1) is 0 Å². The average Bonchev–Trinajstić information content (AvgIpc) is 2.75. The number of aromatic amines is 1. The third kappa shape index (κ3) is 2.79. The molecular formula is C13H18N2O3. The Morgan fingerprint density at radius 2 is 2.39 bits per heavy atom. The van der Waals surface area contributed by atoms with E-state index in [4.69, 9.17) is 0 Å². The lowest BCUT2D eigenvalue weighted by Crippen LogP contribution is -2.38. The molecule has 0 bridgehead atoms. The number of nitrogens with one attached hydrogen (secondary N) is 1. The van der Waals surface area contributed by atoms with E-state index in [0.717, 1.165) is 12.8 Å². The molecule has 1 aliphatic rings. The van der Waals surface area contributed by atoms with Crippen LogP contribution in [-0.4, -0.2) is 39.6 Å². The second kappa shape index (κ2) is 5.35. The molecule has 98 valence electrons. The molecular weight excluding hydrogens is 232 g/mol. The summed E-state index contributed by atoms with van der Waals surface area (Å²) in [6.45, 7) is 2.42. The summed E-state index contributed by atoms with van der Waals surface area (Å²) in [6.07, 6.45) is 2.02. The maximum Gasteiger partial charge on any atom is 0.270 e. The second-order valence-electron chi connectivity index (χ2n) is 4.81. The molecule has 1 aromatic heterocycles. The smallest absolute Gasteiger partial charge is 0.270 e. The molecule has 2 unspecified atom stereocenters. The normalized spacial score (nSPS) is 21.0. The first-order valence-electron chi connectivity index (χ1n) is 6.26. The van der Waals surface area contributed by atoms with Crippen LogP contribution >= 0.6 is 0 Å². The monoisotopic (exact) mass is 250 g/mol. The molecule has 2 rings (SSSR count). The van der Waals surface area contributed by atoms with Crippen molar-refractivity contribution in [3.8, 4) is 0 Å². The van der Waals surface area contributed by atoms with Crippen molar-refractivity contribution >= 4 is 5.91 Å². The number of aliphatic hydroxyl groups excluding tert-OH is 1. The van der Waals surface area contributed by atoms with Gasteiger partial charge in [0.1, 0.15) is 5.69 Å². The van der Waals surface area contributed by atoms with E-state index in [0.29, 0.717) is 18.7 Å². The molecule has 2 N–H and O–H groups in total. The topological polar surface area (TPSA) is 73.4 Å². The number of nitrogens with zero attached hydrogens (tertiary/aromatic N) is 1. The largest absolute Gasteiger partial charge is 0.393 e. The van der Waals surface area contributed by atoms with Crippen LogP contribution in [0.4, 0.5) is 0 Å². The molecule has 0 aromatic carbocycles. The van der Waals surface area contributed by atoms with Crippen molar-refractivity contribution in [2.75, 3.05) is 6.54 Å². The molecule has 5 nitrogen and oxygen atoms in total. The van der Waals surface area contributed by atoms with Gasteiger partial charge >= 0.3 is 0 Å². The highest BCUT2D eigenvalue weighted by molar-refractivity contribution is 5.92. The summed E-state index contributed by atoms with van der Waals surface area (Å²) < 4.78 is 0. The highest BCUT2D eigenvalue weighted by Gasteiger charge is 2.30. The molecule has 2 atom stereocenters. The van der Waals surface area contributed by atoms with Crippen molar-refractivity contribution < 1.29 is 9.90 Å². The van der Waals surface area contributed by atoms with Gasteiger partial charge in [0.15, 0.2) is 0 Å². The van der Waals surface area contributed by atoms with E-state index in [1.54, 1.807) is 24.0 Å². The van der Waals surface area contributed by atoms with Crippen LogP contribution in [0.3, 0.4) is 0 Å². The predicted molar refractivity (Wildman–Crippen MR) is 67.4 cm³/mol. The number of likely N-dealkylation sites (tertiary alicyclic amines) is 1. The number of carbonyl (C=O) groups is 1. The van der Waals surface area contributed by atoms with Gasteiger partial charge in [-0.2, -0.15) is 0 Å². The van der Waals surface area contributed by atoms with E-state index < -0.39 is 6.10 Å². The van der Waals surface area contributed by atoms with E-state index >= 15 is 0 Å². The minimum atomic E-state index is -0.418. The molecule has 1 amide bonds. The molecule has 1 fully saturated rings. The Balaban J connectivity index is 2.15. The van der Waals surface area contributed by atoms with Crippen molar-refractivity contribution in [3.05, 3.63) is 34.2 Å². The first kappa shape index (κ1) is 12.8. The molecule has 1 aliphatic heterocycles. The minimum Gasteiger partial charge on any atom is -0.393 e. The molecule has 1 aromatic rings. The predicted octanol–water partition coefficient (Wildman–Crippen LogP) is 0.750. The van der Waals surface area contributed by atoms with Crippen LogP contribution in [0.1, 0.15) is 36.7 Å². The number of carbonyl (C=O) groups excluding carboxylic acids is 1. The molecule has 0 spiro atoms. The fraction of sp³-hybridized carbons (Fsp3) is 0.538. The number of H-pyrrole nitrogens is 1. The van der Waals surface area contributed by atoms with Gasteiger partial charge in [-0.3, -0.25) is 9.59 Å². The highest BCUT2D eigenvalue weighted by atomic mass is 16.3. The standard InChI is InChI=1S/C13H18N2O3/c1-9(16)8-10-4-3-7-15(10)13(18)11-5-2-6-12(17)14-11/h2,5-6,9-10,16H,3-4,7-8H2,1H3,(H,14,17). The lowest BCUT2D eigenvalue weighted by Gasteiger charge is -2.25. The van der Waals surface area contributed by atoms with Crippen molar-refractivity contribution in [2.24, 2.45) is 0 Å².